The van der Waals surface area contributed by atoms with Gasteiger partial charge < -0.3 is 14.2 Å². The number of furan rings is 1. The highest BCUT2D eigenvalue weighted by Crippen LogP contribution is 2.28. The number of rotatable bonds is 8. The first kappa shape index (κ1) is 22.3. The van der Waals surface area contributed by atoms with Gasteiger partial charge >= 0.3 is 0 Å². The Labute approximate surface area is 193 Å². The number of fused-ring (bicyclic) bond motifs is 1. The molecule has 0 saturated heterocycles. The van der Waals surface area contributed by atoms with Crippen molar-refractivity contribution in [1.29, 1.82) is 0 Å². The molecule has 0 spiro atoms. The van der Waals surface area contributed by atoms with E-state index in [0.29, 0.717) is 16.9 Å². The zero-order valence-corrected chi connectivity index (χ0v) is 19.1. The van der Waals surface area contributed by atoms with E-state index in [1.165, 1.54) is 18.2 Å². The van der Waals surface area contributed by atoms with Crippen LogP contribution >= 0.6 is 23.4 Å². The fraction of sp³-hybridized carbons (Fsp3) is 0.143. The Morgan fingerprint density at radius 3 is 2.75 bits per heavy atom. The maximum absolute atomic E-state index is 12.7. The van der Waals surface area contributed by atoms with Crippen molar-refractivity contribution in [2.45, 2.75) is 23.1 Å². The first-order chi connectivity index (χ1) is 15.3. The van der Waals surface area contributed by atoms with Gasteiger partial charge in [0.2, 0.25) is 5.91 Å². The Balaban J connectivity index is 1.43. The second-order valence-corrected chi connectivity index (χ2v) is 9.80. The molecule has 166 valence electrons. The van der Waals surface area contributed by atoms with Crippen molar-refractivity contribution in [3.8, 4) is 0 Å². The van der Waals surface area contributed by atoms with Crippen LogP contribution in [0.5, 0.6) is 0 Å². The standard InChI is InChI=1S/C21H18ClN3O5S2/c1-13(18-7-4-10-29-18)23-20(26)12-31-21-24-17-11-14(8-9-19(17)30-21)32(27,28)25-16-6-3-2-5-15(16)22/h2-11,13,25H,12H2,1H3,(H,23,26)/t13-/m0/s1. The number of halogens is 1. The first-order valence-electron chi connectivity index (χ1n) is 9.45. The number of oxazole rings is 1. The highest BCUT2D eigenvalue weighted by Gasteiger charge is 2.19. The monoisotopic (exact) mass is 491 g/mol. The fourth-order valence-electron chi connectivity index (χ4n) is 2.88. The van der Waals surface area contributed by atoms with Gasteiger partial charge in [0.1, 0.15) is 11.3 Å². The minimum Gasteiger partial charge on any atom is -0.467 e. The number of hydrogen-bond donors (Lipinski definition) is 2. The van der Waals surface area contributed by atoms with Crippen LogP contribution in [0.15, 0.2) is 79.8 Å². The van der Waals surface area contributed by atoms with Crippen LogP contribution in [0, 0.1) is 0 Å². The molecule has 0 saturated carbocycles. The molecule has 1 amide bonds. The number of para-hydroxylation sites is 1. The molecule has 1 atom stereocenters. The molecule has 0 aliphatic carbocycles. The molecule has 4 aromatic rings. The van der Waals surface area contributed by atoms with Crippen molar-refractivity contribution >= 4 is 56.1 Å². The van der Waals surface area contributed by atoms with Crippen molar-refractivity contribution in [2.75, 3.05) is 10.5 Å². The number of anilines is 1. The van der Waals surface area contributed by atoms with Gasteiger partial charge in [-0.2, -0.15) is 0 Å². The summed E-state index contributed by atoms with van der Waals surface area (Å²) < 4.78 is 38.8. The van der Waals surface area contributed by atoms with Crippen LogP contribution in [0.4, 0.5) is 5.69 Å². The van der Waals surface area contributed by atoms with E-state index >= 15 is 0 Å². The van der Waals surface area contributed by atoms with E-state index in [-0.39, 0.29) is 38.5 Å². The Kier molecular flexibility index (Phi) is 6.45. The third kappa shape index (κ3) is 5.09. The number of carbonyl (C=O) groups is 1. The fourth-order valence-corrected chi connectivity index (χ4v) is 4.87. The molecular weight excluding hydrogens is 474 g/mol. The Bertz CT molecular complexity index is 1350. The quantitative estimate of drug-likeness (QED) is 0.339. The number of hydrogen-bond acceptors (Lipinski definition) is 7. The molecule has 8 nitrogen and oxygen atoms in total. The van der Waals surface area contributed by atoms with Crippen LogP contribution in [0.25, 0.3) is 11.1 Å². The largest absolute Gasteiger partial charge is 0.467 e. The summed E-state index contributed by atoms with van der Waals surface area (Å²) in [5.74, 6) is 0.523. The lowest BCUT2D eigenvalue weighted by Gasteiger charge is -2.10. The Morgan fingerprint density at radius 1 is 1.19 bits per heavy atom. The maximum atomic E-state index is 12.7. The lowest BCUT2D eigenvalue weighted by Crippen LogP contribution is -2.27. The van der Waals surface area contributed by atoms with Gasteiger partial charge in [0, 0.05) is 0 Å². The predicted octanol–water partition coefficient (Wildman–Crippen LogP) is 4.84. The third-order valence-corrected chi connectivity index (χ3v) is 6.96. The lowest BCUT2D eigenvalue weighted by atomic mass is 10.2. The summed E-state index contributed by atoms with van der Waals surface area (Å²) in [4.78, 5) is 16.5. The molecule has 0 bridgehead atoms. The van der Waals surface area contributed by atoms with Crippen molar-refractivity contribution in [3.05, 3.63) is 71.6 Å². The molecule has 2 aromatic carbocycles. The highest BCUT2D eigenvalue weighted by atomic mass is 35.5. The maximum Gasteiger partial charge on any atom is 0.262 e. The molecule has 2 aromatic heterocycles. The third-order valence-electron chi connectivity index (χ3n) is 4.44. The summed E-state index contributed by atoms with van der Waals surface area (Å²) >= 11 is 7.15. The zero-order chi connectivity index (χ0) is 22.7. The Hall–Kier alpha value is -2.95. The van der Waals surface area contributed by atoms with E-state index in [4.69, 9.17) is 20.4 Å². The number of carbonyl (C=O) groups excluding carboxylic acids is 1. The van der Waals surface area contributed by atoms with Gasteiger partial charge in [-0.15, -0.1) is 0 Å². The number of thioether (sulfide) groups is 1. The summed E-state index contributed by atoms with van der Waals surface area (Å²) in [6, 6.07) is 14.2. The van der Waals surface area contributed by atoms with Crippen molar-refractivity contribution in [2.24, 2.45) is 0 Å². The minimum atomic E-state index is -3.87. The van der Waals surface area contributed by atoms with E-state index in [1.54, 1.807) is 42.7 Å². The average Bonchev–Trinajstić information content (AvgIpc) is 3.43. The average molecular weight is 492 g/mol. The van der Waals surface area contributed by atoms with Crippen LogP contribution in [0.2, 0.25) is 5.02 Å². The topological polar surface area (TPSA) is 114 Å². The summed E-state index contributed by atoms with van der Waals surface area (Å²) in [6.45, 7) is 1.82. The van der Waals surface area contributed by atoms with E-state index in [9.17, 15) is 13.2 Å². The number of nitrogens with zero attached hydrogens (tertiary/aromatic N) is 1. The summed E-state index contributed by atoms with van der Waals surface area (Å²) in [7, 11) is -3.87. The van der Waals surface area contributed by atoms with Crippen LogP contribution < -0.4 is 10.0 Å². The molecular formula is C21H18ClN3O5S2. The first-order valence-corrected chi connectivity index (χ1v) is 12.3. The molecule has 11 heteroatoms. The van der Waals surface area contributed by atoms with Crippen molar-refractivity contribution in [3.63, 3.8) is 0 Å². The lowest BCUT2D eigenvalue weighted by molar-refractivity contribution is -0.119. The summed E-state index contributed by atoms with van der Waals surface area (Å²) in [5.41, 5.74) is 1.05. The van der Waals surface area contributed by atoms with Crippen LogP contribution in [0.3, 0.4) is 0 Å². The second-order valence-electron chi connectivity index (χ2n) is 6.79. The van der Waals surface area contributed by atoms with Crippen LogP contribution in [-0.4, -0.2) is 25.1 Å². The number of sulfonamides is 1. The number of aromatic nitrogens is 1. The van der Waals surface area contributed by atoms with Crippen LogP contribution in [-0.2, 0) is 14.8 Å². The van der Waals surface area contributed by atoms with E-state index in [1.807, 2.05) is 6.92 Å². The molecule has 0 fully saturated rings. The van der Waals surface area contributed by atoms with Crippen molar-refractivity contribution in [1.82, 2.24) is 10.3 Å². The normalized spacial score (nSPS) is 12.6. The molecule has 2 heterocycles. The molecule has 4 rings (SSSR count). The molecule has 0 aliphatic heterocycles. The number of benzene rings is 2. The van der Waals surface area contributed by atoms with Gasteiger partial charge in [0.15, 0.2) is 5.58 Å². The van der Waals surface area contributed by atoms with Crippen molar-refractivity contribution < 1.29 is 22.0 Å². The van der Waals surface area contributed by atoms with E-state index < -0.39 is 10.0 Å². The zero-order valence-electron chi connectivity index (χ0n) is 16.7. The second kappa shape index (κ2) is 9.27. The SMILES string of the molecule is C[C@H](NC(=O)CSc1nc2cc(S(=O)(=O)Nc3ccccc3Cl)ccc2o1)c1ccco1. The van der Waals surface area contributed by atoms with Gasteiger partial charge in [-0.3, -0.25) is 9.52 Å². The number of amides is 1. The van der Waals surface area contributed by atoms with E-state index in [0.717, 1.165) is 11.8 Å². The van der Waals surface area contributed by atoms with Gasteiger partial charge in [-0.25, -0.2) is 13.4 Å². The van der Waals surface area contributed by atoms with Gasteiger partial charge in [0.25, 0.3) is 15.2 Å². The van der Waals surface area contributed by atoms with E-state index in [2.05, 4.69) is 15.0 Å². The van der Waals surface area contributed by atoms with Gasteiger partial charge in [-0.1, -0.05) is 35.5 Å². The molecule has 0 unspecified atom stereocenters. The molecule has 2 N–H and O–H groups in total. The Morgan fingerprint density at radius 2 is 2.00 bits per heavy atom. The predicted molar refractivity (Wildman–Crippen MR) is 122 cm³/mol. The molecule has 0 radical (unpaired) electrons. The number of nitrogens with one attached hydrogen (secondary N) is 2. The smallest absolute Gasteiger partial charge is 0.262 e. The van der Waals surface area contributed by atoms with Crippen LogP contribution in [0.1, 0.15) is 18.7 Å². The minimum absolute atomic E-state index is 0.0137. The van der Waals surface area contributed by atoms with Gasteiger partial charge in [0.05, 0.1) is 33.7 Å². The van der Waals surface area contributed by atoms with Gasteiger partial charge in [-0.05, 0) is 49.4 Å². The molecule has 0 aliphatic rings. The highest BCUT2D eigenvalue weighted by molar-refractivity contribution is 7.99. The summed E-state index contributed by atoms with van der Waals surface area (Å²) in [5, 5.41) is 3.37. The summed E-state index contributed by atoms with van der Waals surface area (Å²) in [6.07, 6.45) is 1.55. The molecule has 32 heavy (non-hydrogen) atoms.